The van der Waals surface area contributed by atoms with Crippen molar-refractivity contribution in [3.05, 3.63) is 16.4 Å². The largest absolute Gasteiger partial charge is 0.481 e. The summed E-state index contributed by atoms with van der Waals surface area (Å²) in [4.78, 5) is 10.5. The van der Waals surface area contributed by atoms with Crippen molar-refractivity contribution >= 4 is 17.6 Å². The Morgan fingerprint density at radius 1 is 1.67 bits per heavy atom. The Morgan fingerprint density at radius 3 is 2.67 bits per heavy atom. The third-order valence-corrected chi connectivity index (χ3v) is 2.82. The number of halogens is 1. The molecule has 0 fully saturated rings. The highest BCUT2D eigenvalue weighted by atomic mass is 35.5. The molecule has 1 aromatic rings. The van der Waals surface area contributed by atoms with Crippen molar-refractivity contribution in [1.82, 2.24) is 9.78 Å². The van der Waals surface area contributed by atoms with E-state index in [1.807, 2.05) is 20.9 Å². The molecule has 0 aromatic carbocycles. The van der Waals surface area contributed by atoms with Crippen molar-refractivity contribution in [3.63, 3.8) is 0 Å². The van der Waals surface area contributed by atoms with Crippen molar-refractivity contribution in [3.8, 4) is 0 Å². The molecule has 1 rings (SSSR count). The van der Waals surface area contributed by atoms with Crippen LogP contribution < -0.4 is 0 Å². The van der Waals surface area contributed by atoms with Crippen molar-refractivity contribution in [1.29, 1.82) is 0 Å². The molecular weight excluding hydrogens is 216 g/mol. The van der Waals surface area contributed by atoms with Gasteiger partial charge in [-0.3, -0.25) is 9.48 Å². The molecule has 15 heavy (non-hydrogen) atoms. The van der Waals surface area contributed by atoms with Crippen LogP contribution in [0, 0.1) is 12.8 Å². The predicted octanol–water partition coefficient (Wildman–Crippen LogP) is 2.04. The fraction of sp³-hybridized carbons (Fsp3) is 0.600. The van der Waals surface area contributed by atoms with Gasteiger partial charge in [0, 0.05) is 13.5 Å². The number of aryl methyl sites for hydroxylation is 2. The molecule has 84 valence electrons. The number of carbonyl (C=O) groups is 1. The third kappa shape index (κ3) is 2.96. The second-order valence-corrected chi connectivity index (χ2v) is 4.25. The highest BCUT2D eigenvalue weighted by Crippen LogP contribution is 2.23. The normalized spacial score (nSPS) is 12.8. The summed E-state index contributed by atoms with van der Waals surface area (Å²) in [6.45, 7) is 3.74. The minimum Gasteiger partial charge on any atom is -0.481 e. The molecule has 1 heterocycles. The van der Waals surface area contributed by atoms with E-state index >= 15 is 0 Å². The van der Waals surface area contributed by atoms with E-state index < -0.39 is 5.97 Å². The van der Waals surface area contributed by atoms with Gasteiger partial charge >= 0.3 is 5.97 Å². The summed E-state index contributed by atoms with van der Waals surface area (Å²) >= 11 is 6.06. The molecule has 4 nitrogen and oxygen atoms in total. The Balaban J connectivity index is 2.76. The summed E-state index contributed by atoms with van der Waals surface area (Å²) < 4.78 is 1.72. The lowest BCUT2D eigenvalue weighted by Gasteiger charge is -2.08. The van der Waals surface area contributed by atoms with Gasteiger partial charge in [0.15, 0.2) is 0 Å². The highest BCUT2D eigenvalue weighted by molar-refractivity contribution is 6.31. The van der Waals surface area contributed by atoms with E-state index in [0.717, 1.165) is 11.4 Å². The molecule has 1 atom stereocenters. The monoisotopic (exact) mass is 230 g/mol. The first-order valence-electron chi connectivity index (χ1n) is 4.81. The fourth-order valence-electron chi connectivity index (χ4n) is 1.60. The summed E-state index contributed by atoms with van der Waals surface area (Å²) in [6.07, 6.45) is 0.795. The van der Waals surface area contributed by atoms with E-state index in [1.54, 1.807) is 4.68 Å². The first-order valence-corrected chi connectivity index (χ1v) is 5.19. The summed E-state index contributed by atoms with van der Waals surface area (Å²) in [5.74, 6) is -0.715. The Kier molecular flexibility index (Phi) is 3.74. The van der Waals surface area contributed by atoms with Crippen LogP contribution in [0.3, 0.4) is 0 Å². The molecule has 0 saturated carbocycles. The Morgan fingerprint density at radius 2 is 2.27 bits per heavy atom. The molecule has 1 N–H and O–H groups in total. The van der Waals surface area contributed by atoms with Crippen LogP contribution in [0.2, 0.25) is 5.02 Å². The minimum atomic E-state index is -0.780. The molecule has 0 aliphatic heterocycles. The van der Waals surface area contributed by atoms with Crippen LogP contribution in [0.1, 0.15) is 24.7 Å². The third-order valence-electron chi connectivity index (χ3n) is 2.33. The maximum atomic E-state index is 10.5. The van der Waals surface area contributed by atoms with Crippen LogP contribution in [0.15, 0.2) is 0 Å². The van der Waals surface area contributed by atoms with Gasteiger partial charge in [-0.2, -0.15) is 5.10 Å². The highest BCUT2D eigenvalue weighted by Gasteiger charge is 2.15. The van der Waals surface area contributed by atoms with Crippen molar-refractivity contribution in [2.75, 3.05) is 0 Å². The van der Waals surface area contributed by atoms with Gasteiger partial charge in [0.1, 0.15) is 0 Å². The molecule has 1 unspecified atom stereocenters. The lowest BCUT2D eigenvalue weighted by molar-refractivity contribution is -0.137. The zero-order valence-electron chi connectivity index (χ0n) is 9.12. The maximum Gasteiger partial charge on any atom is 0.303 e. The summed E-state index contributed by atoms with van der Waals surface area (Å²) in [7, 11) is 1.82. The fourth-order valence-corrected chi connectivity index (χ4v) is 1.84. The van der Waals surface area contributed by atoms with Gasteiger partial charge in [-0.05, 0) is 19.3 Å². The van der Waals surface area contributed by atoms with Gasteiger partial charge in [0.25, 0.3) is 0 Å². The van der Waals surface area contributed by atoms with Crippen LogP contribution in [0.25, 0.3) is 0 Å². The molecule has 0 amide bonds. The molecule has 1 aromatic heterocycles. The first kappa shape index (κ1) is 12.0. The van der Waals surface area contributed by atoms with Gasteiger partial charge in [-0.25, -0.2) is 0 Å². The van der Waals surface area contributed by atoms with Gasteiger partial charge in [-0.15, -0.1) is 0 Å². The molecular formula is C10H15ClN2O2. The van der Waals surface area contributed by atoms with Crippen molar-refractivity contribution in [2.45, 2.75) is 26.7 Å². The second-order valence-electron chi connectivity index (χ2n) is 3.88. The lowest BCUT2D eigenvalue weighted by atomic mass is 10.0. The molecule has 0 spiro atoms. The number of carboxylic acid groups (broad SMARTS) is 1. The zero-order valence-corrected chi connectivity index (χ0v) is 9.88. The van der Waals surface area contributed by atoms with Gasteiger partial charge in [-0.1, -0.05) is 18.5 Å². The van der Waals surface area contributed by atoms with Gasteiger partial charge < -0.3 is 5.11 Å². The Hall–Kier alpha value is -1.03. The number of nitrogens with zero attached hydrogens (tertiary/aromatic N) is 2. The number of hydrogen-bond donors (Lipinski definition) is 1. The van der Waals surface area contributed by atoms with Crippen LogP contribution in [0.5, 0.6) is 0 Å². The minimum absolute atomic E-state index is 0.0646. The number of aromatic nitrogens is 2. The lowest BCUT2D eigenvalue weighted by Crippen LogP contribution is -2.10. The van der Waals surface area contributed by atoms with Crippen LogP contribution in [0.4, 0.5) is 0 Å². The maximum absolute atomic E-state index is 10.5. The molecule has 0 aliphatic carbocycles. The SMILES string of the molecule is Cc1nn(C)c(CC(C)CC(=O)O)c1Cl. The van der Waals surface area contributed by atoms with Crippen LogP contribution in [-0.2, 0) is 18.3 Å². The standard InChI is InChI=1S/C10H15ClN2O2/c1-6(5-9(14)15)4-8-10(11)7(2)12-13(8)3/h6H,4-5H2,1-3H3,(H,14,15). The van der Waals surface area contributed by atoms with E-state index in [1.165, 1.54) is 0 Å². The number of hydrogen-bond acceptors (Lipinski definition) is 2. The topological polar surface area (TPSA) is 55.1 Å². The quantitative estimate of drug-likeness (QED) is 0.861. The average Bonchev–Trinajstić information content (AvgIpc) is 2.31. The number of carboxylic acids is 1. The van der Waals surface area contributed by atoms with E-state index in [0.29, 0.717) is 11.4 Å². The molecule has 0 bridgehead atoms. The van der Waals surface area contributed by atoms with Gasteiger partial charge in [0.2, 0.25) is 0 Å². The van der Waals surface area contributed by atoms with Gasteiger partial charge in [0.05, 0.1) is 16.4 Å². The Bertz CT molecular complexity index is 374. The van der Waals surface area contributed by atoms with E-state index in [-0.39, 0.29) is 12.3 Å². The van der Waals surface area contributed by atoms with Crippen LogP contribution in [-0.4, -0.2) is 20.9 Å². The summed E-state index contributed by atoms with van der Waals surface area (Å²) in [5, 5.41) is 13.5. The molecule has 5 heteroatoms. The van der Waals surface area contributed by atoms with Crippen molar-refractivity contribution < 1.29 is 9.90 Å². The average molecular weight is 231 g/mol. The van der Waals surface area contributed by atoms with E-state index in [9.17, 15) is 4.79 Å². The molecule has 0 saturated heterocycles. The zero-order chi connectivity index (χ0) is 11.6. The van der Waals surface area contributed by atoms with Crippen LogP contribution >= 0.6 is 11.6 Å². The Labute approximate surface area is 93.9 Å². The number of rotatable bonds is 4. The van der Waals surface area contributed by atoms with E-state index in [2.05, 4.69) is 5.10 Å². The second kappa shape index (κ2) is 4.66. The summed E-state index contributed by atoms with van der Waals surface area (Å²) in [6, 6.07) is 0. The number of aliphatic carboxylic acids is 1. The molecule has 0 aliphatic rings. The molecule has 0 radical (unpaired) electrons. The first-order chi connectivity index (χ1) is 6.91. The van der Waals surface area contributed by atoms with E-state index in [4.69, 9.17) is 16.7 Å². The smallest absolute Gasteiger partial charge is 0.303 e. The summed E-state index contributed by atoms with van der Waals surface area (Å²) in [5.41, 5.74) is 1.69. The van der Waals surface area contributed by atoms with Crippen molar-refractivity contribution in [2.24, 2.45) is 13.0 Å². The predicted molar refractivity (Wildman–Crippen MR) is 58.1 cm³/mol.